The van der Waals surface area contributed by atoms with Crippen molar-refractivity contribution in [3.63, 3.8) is 0 Å². The van der Waals surface area contributed by atoms with Crippen molar-refractivity contribution in [2.75, 3.05) is 31.2 Å². The molecule has 1 aliphatic heterocycles. The van der Waals surface area contributed by atoms with Crippen LogP contribution in [0.25, 0.3) is 0 Å². The summed E-state index contributed by atoms with van der Waals surface area (Å²) >= 11 is 0. The van der Waals surface area contributed by atoms with Crippen LogP contribution in [0.3, 0.4) is 0 Å². The van der Waals surface area contributed by atoms with Crippen LogP contribution < -0.4 is 10.2 Å². The largest absolute Gasteiger partial charge is 0.378 e. The van der Waals surface area contributed by atoms with Crippen LogP contribution in [0.15, 0.2) is 18.3 Å². The van der Waals surface area contributed by atoms with E-state index in [0.29, 0.717) is 6.04 Å². The van der Waals surface area contributed by atoms with E-state index in [-0.39, 0.29) is 0 Å². The normalized spacial score (nSPS) is 16.5. The minimum Gasteiger partial charge on any atom is -0.378 e. The quantitative estimate of drug-likeness (QED) is 0.856. The van der Waals surface area contributed by atoms with Crippen LogP contribution >= 0.6 is 0 Å². The van der Waals surface area contributed by atoms with E-state index in [1.807, 2.05) is 6.20 Å². The second kappa shape index (κ2) is 5.98. The van der Waals surface area contributed by atoms with Gasteiger partial charge in [0.2, 0.25) is 0 Å². The summed E-state index contributed by atoms with van der Waals surface area (Å²) in [5.74, 6) is 1.07. The molecule has 4 heteroatoms. The molecule has 4 nitrogen and oxygen atoms in total. The Kier molecular flexibility index (Phi) is 4.34. The third-order valence-electron chi connectivity index (χ3n) is 2.86. The van der Waals surface area contributed by atoms with Crippen molar-refractivity contribution in [1.82, 2.24) is 10.3 Å². The van der Waals surface area contributed by atoms with Crippen LogP contribution in [0.4, 0.5) is 5.82 Å². The fourth-order valence-electron chi connectivity index (χ4n) is 1.86. The molecule has 2 rings (SSSR count). The number of nitrogens with zero attached hydrogens (tertiary/aromatic N) is 2. The average molecular weight is 235 g/mol. The predicted molar refractivity (Wildman–Crippen MR) is 69.2 cm³/mol. The highest BCUT2D eigenvalue weighted by Gasteiger charge is 2.12. The number of pyridine rings is 1. The lowest BCUT2D eigenvalue weighted by Crippen LogP contribution is -2.36. The van der Waals surface area contributed by atoms with E-state index >= 15 is 0 Å². The van der Waals surface area contributed by atoms with Crippen LogP contribution in [-0.4, -0.2) is 37.3 Å². The van der Waals surface area contributed by atoms with Gasteiger partial charge in [-0.1, -0.05) is 13.8 Å². The maximum absolute atomic E-state index is 5.35. The predicted octanol–water partition coefficient (Wildman–Crippen LogP) is 1.42. The number of rotatable bonds is 4. The molecule has 0 atom stereocenters. The molecule has 1 fully saturated rings. The Hall–Kier alpha value is -1.13. The zero-order chi connectivity index (χ0) is 12.1. The summed E-state index contributed by atoms with van der Waals surface area (Å²) in [6.07, 6.45) is 1.89. The molecule has 0 aliphatic carbocycles. The van der Waals surface area contributed by atoms with Gasteiger partial charge in [-0.05, 0) is 17.7 Å². The lowest BCUT2D eigenvalue weighted by Gasteiger charge is -2.28. The Balaban J connectivity index is 2.00. The molecule has 0 radical (unpaired) electrons. The van der Waals surface area contributed by atoms with Gasteiger partial charge in [0.25, 0.3) is 0 Å². The third kappa shape index (κ3) is 3.68. The molecule has 17 heavy (non-hydrogen) atoms. The van der Waals surface area contributed by atoms with Gasteiger partial charge in [-0.3, -0.25) is 0 Å². The minimum absolute atomic E-state index is 0.509. The molecule has 1 aromatic rings. The maximum Gasteiger partial charge on any atom is 0.128 e. The molecule has 1 saturated heterocycles. The molecule has 1 aromatic heterocycles. The average Bonchev–Trinajstić information content (AvgIpc) is 2.38. The molecule has 1 N–H and O–H groups in total. The molecule has 0 bridgehead atoms. The first-order valence-electron chi connectivity index (χ1n) is 6.27. The van der Waals surface area contributed by atoms with Gasteiger partial charge >= 0.3 is 0 Å². The van der Waals surface area contributed by atoms with Crippen molar-refractivity contribution in [3.8, 4) is 0 Å². The number of anilines is 1. The van der Waals surface area contributed by atoms with Crippen LogP contribution in [0.2, 0.25) is 0 Å². The standard InChI is InChI=1S/C13H21N3O/c1-11(2)15-10-12-3-4-14-13(9-12)16-5-7-17-8-6-16/h3-4,9,11,15H,5-8,10H2,1-2H3. The van der Waals surface area contributed by atoms with Crippen molar-refractivity contribution in [3.05, 3.63) is 23.9 Å². The minimum atomic E-state index is 0.509. The van der Waals surface area contributed by atoms with Crippen molar-refractivity contribution in [2.24, 2.45) is 0 Å². The molecule has 0 unspecified atom stereocenters. The lowest BCUT2D eigenvalue weighted by atomic mass is 10.2. The highest BCUT2D eigenvalue weighted by Crippen LogP contribution is 2.14. The summed E-state index contributed by atoms with van der Waals surface area (Å²) in [7, 11) is 0. The molecule has 94 valence electrons. The topological polar surface area (TPSA) is 37.4 Å². The van der Waals surface area contributed by atoms with Gasteiger partial charge in [-0.25, -0.2) is 4.98 Å². The van der Waals surface area contributed by atoms with Gasteiger partial charge < -0.3 is 15.0 Å². The van der Waals surface area contributed by atoms with Gasteiger partial charge in [0.1, 0.15) is 5.82 Å². The summed E-state index contributed by atoms with van der Waals surface area (Å²) in [5, 5.41) is 3.42. The monoisotopic (exact) mass is 235 g/mol. The van der Waals surface area contributed by atoms with E-state index in [2.05, 4.69) is 41.2 Å². The molecular formula is C13H21N3O. The highest BCUT2D eigenvalue weighted by atomic mass is 16.5. The van der Waals surface area contributed by atoms with E-state index in [1.165, 1.54) is 5.56 Å². The van der Waals surface area contributed by atoms with E-state index in [1.54, 1.807) is 0 Å². The Morgan fingerprint density at radius 3 is 2.88 bits per heavy atom. The van der Waals surface area contributed by atoms with Crippen LogP contribution in [0.1, 0.15) is 19.4 Å². The van der Waals surface area contributed by atoms with E-state index in [0.717, 1.165) is 38.7 Å². The van der Waals surface area contributed by atoms with Gasteiger partial charge in [-0.2, -0.15) is 0 Å². The molecule has 0 amide bonds. The fourth-order valence-corrected chi connectivity index (χ4v) is 1.86. The van der Waals surface area contributed by atoms with Crippen molar-refractivity contribution in [1.29, 1.82) is 0 Å². The molecular weight excluding hydrogens is 214 g/mol. The van der Waals surface area contributed by atoms with Crippen molar-refractivity contribution >= 4 is 5.82 Å². The fraction of sp³-hybridized carbons (Fsp3) is 0.615. The van der Waals surface area contributed by atoms with E-state index < -0.39 is 0 Å². The first-order chi connectivity index (χ1) is 8.25. The Morgan fingerprint density at radius 1 is 1.41 bits per heavy atom. The number of ether oxygens (including phenoxy) is 1. The molecule has 0 spiro atoms. The first-order valence-corrected chi connectivity index (χ1v) is 6.27. The number of aromatic nitrogens is 1. The van der Waals surface area contributed by atoms with Crippen LogP contribution in [0, 0.1) is 0 Å². The molecule has 0 saturated carbocycles. The Morgan fingerprint density at radius 2 is 2.18 bits per heavy atom. The zero-order valence-electron chi connectivity index (χ0n) is 10.6. The number of morpholine rings is 1. The van der Waals surface area contributed by atoms with Gasteiger partial charge in [0, 0.05) is 31.9 Å². The van der Waals surface area contributed by atoms with Crippen molar-refractivity contribution in [2.45, 2.75) is 26.4 Å². The summed E-state index contributed by atoms with van der Waals surface area (Å²) in [5.41, 5.74) is 1.29. The highest BCUT2D eigenvalue weighted by molar-refractivity contribution is 5.41. The van der Waals surface area contributed by atoms with Crippen LogP contribution in [-0.2, 0) is 11.3 Å². The van der Waals surface area contributed by atoms with E-state index in [4.69, 9.17) is 4.74 Å². The van der Waals surface area contributed by atoms with Crippen LogP contribution in [0.5, 0.6) is 0 Å². The Labute approximate surface area is 103 Å². The smallest absolute Gasteiger partial charge is 0.128 e. The van der Waals surface area contributed by atoms with Gasteiger partial charge in [0.15, 0.2) is 0 Å². The third-order valence-corrected chi connectivity index (χ3v) is 2.86. The Bertz CT molecular complexity index is 348. The summed E-state index contributed by atoms with van der Waals surface area (Å²) in [6, 6.07) is 4.75. The summed E-state index contributed by atoms with van der Waals surface area (Å²) in [4.78, 5) is 6.71. The summed E-state index contributed by atoms with van der Waals surface area (Å²) < 4.78 is 5.35. The van der Waals surface area contributed by atoms with Gasteiger partial charge in [0.05, 0.1) is 13.2 Å². The maximum atomic E-state index is 5.35. The van der Waals surface area contributed by atoms with Gasteiger partial charge in [-0.15, -0.1) is 0 Å². The number of hydrogen-bond acceptors (Lipinski definition) is 4. The van der Waals surface area contributed by atoms with Crippen molar-refractivity contribution < 1.29 is 4.74 Å². The second-order valence-corrected chi connectivity index (χ2v) is 4.66. The summed E-state index contributed by atoms with van der Waals surface area (Å²) in [6.45, 7) is 8.69. The number of hydrogen-bond donors (Lipinski definition) is 1. The molecule has 2 heterocycles. The SMILES string of the molecule is CC(C)NCc1ccnc(N2CCOCC2)c1. The lowest BCUT2D eigenvalue weighted by molar-refractivity contribution is 0.122. The molecule has 0 aromatic carbocycles. The second-order valence-electron chi connectivity index (χ2n) is 4.66. The number of nitrogens with one attached hydrogen (secondary N) is 1. The van der Waals surface area contributed by atoms with E-state index in [9.17, 15) is 0 Å². The zero-order valence-corrected chi connectivity index (χ0v) is 10.6. The molecule has 1 aliphatic rings. The first kappa shape index (κ1) is 12.3.